The van der Waals surface area contributed by atoms with E-state index in [-0.39, 0.29) is 11.5 Å². The predicted molar refractivity (Wildman–Crippen MR) is 67.6 cm³/mol. The third kappa shape index (κ3) is 3.30. The van der Waals surface area contributed by atoms with Crippen molar-refractivity contribution >= 4 is 17.6 Å². The summed E-state index contributed by atoms with van der Waals surface area (Å²) in [7, 11) is 0. The van der Waals surface area contributed by atoms with Crippen molar-refractivity contribution in [1.82, 2.24) is 5.32 Å². The van der Waals surface area contributed by atoms with E-state index in [9.17, 15) is 9.59 Å². The highest BCUT2D eigenvalue weighted by molar-refractivity contribution is 5.92. The molecule has 96 valence electrons. The van der Waals surface area contributed by atoms with Gasteiger partial charge in [0.1, 0.15) is 0 Å². The Bertz CT molecular complexity index is 436. The zero-order valence-electron chi connectivity index (χ0n) is 9.98. The van der Waals surface area contributed by atoms with E-state index < -0.39 is 5.97 Å². The van der Waals surface area contributed by atoms with Crippen LogP contribution < -0.4 is 10.6 Å². The van der Waals surface area contributed by atoms with Gasteiger partial charge in [-0.15, -0.1) is 0 Å². The predicted octanol–water partition coefficient (Wildman–Crippen LogP) is 1.32. The minimum Gasteiger partial charge on any atom is -0.478 e. The summed E-state index contributed by atoms with van der Waals surface area (Å²) in [5, 5.41) is 14.7. The second kappa shape index (κ2) is 5.64. The Hall–Kier alpha value is -1.88. The molecule has 1 aliphatic heterocycles. The maximum absolute atomic E-state index is 11.7. The van der Waals surface area contributed by atoms with Gasteiger partial charge in [0.05, 0.1) is 5.56 Å². The number of carbonyl (C=O) groups excluding carboxylic acids is 1. The first-order chi connectivity index (χ1) is 8.65. The second-order valence-electron chi connectivity index (χ2n) is 4.49. The summed E-state index contributed by atoms with van der Waals surface area (Å²) in [6, 6.07) is 6.17. The molecule has 1 amide bonds. The molecule has 1 atom stereocenters. The molecule has 1 saturated heterocycles. The second-order valence-corrected chi connectivity index (χ2v) is 4.49. The van der Waals surface area contributed by atoms with Crippen molar-refractivity contribution in [2.75, 3.05) is 18.4 Å². The molecule has 1 unspecified atom stereocenters. The van der Waals surface area contributed by atoms with Gasteiger partial charge in [-0.1, -0.05) is 0 Å². The standard InChI is InChI=1S/C13H16N2O3/c16-12(7-9-5-6-14-8-9)15-11-3-1-10(2-4-11)13(17)18/h1-4,9,14H,5-8H2,(H,15,16)(H,17,18). The van der Waals surface area contributed by atoms with Gasteiger partial charge >= 0.3 is 5.97 Å². The van der Waals surface area contributed by atoms with Gasteiger partial charge in [-0.25, -0.2) is 4.79 Å². The highest BCUT2D eigenvalue weighted by Crippen LogP contribution is 2.15. The number of carboxylic acid groups (broad SMARTS) is 1. The van der Waals surface area contributed by atoms with E-state index in [1.165, 1.54) is 12.1 Å². The molecule has 0 aromatic heterocycles. The van der Waals surface area contributed by atoms with Crippen molar-refractivity contribution in [3.8, 4) is 0 Å². The first-order valence-corrected chi connectivity index (χ1v) is 5.99. The fourth-order valence-electron chi connectivity index (χ4n) is 2.06. The summed E-state index contributed by atoms with van der Waals surface area (Å²) in [5.74, 6) is -0.583. The van der Waals surface area contributed by atoms with E-state index in [0.717, 1.165) is 19.5 Å². The Labute approximate surface area is 105 Å². The summed E-state index contributed by atoms with van der Waals surface area (Å²) in [4.78, 5) is 22.4. The molecule has 1 aliphatic rings. The van der Waals surface area contributed by atoms with Gasteiger partial charge in [-0.2, -0.15) is 0 Å². The Morgan fingerprint density at radius 1 is 1.33 bits per heavy atom. The molecule has 5 heteroatoms. The molecule has 0 saturated carbocycles. The number of aromatic carboxylic acids is 1. The van der Waals surface area contributed by atoms with Crippen LogP contribution >= 0.6 is 0 Å². The fraction of sp³-hybridized carbons (Fsp3) is 0.385. The minimum absolute atomic E-state index is 0.0215. The van der Waals surface area contributed by atoms with Crippen molar-refractivity contribution in [2.45, 2.75) is 12.8 Å². The number of carboxylic acids is 1. The molecule has 1 fully saturated rings. The van der Waals surface area contributed by atoms with Crippen molar-refractivity contribution in [3.05, 3.63) is 29.8 Å². The van der Waals surface area contributed by atoms with Gasteiger partial charge in [0.25, 0.3) is 0 Å². The zero-order chi connectivity index (χ0) is 13.0. The highest BCUT2D eigenvalue weighted by Gasteiger charge is 2.17. The van der Waals surface area contributed by atoms with Gasteiger partial charge in [0.2, 0.25) is 5.91 Å². The van der Waals surface area contributed by atoms with E-state index in [4.69, 9.17) is 5.11 Å². The van der Waals surface area contributed by atoms with E-state index >= 15 is 0 Å². The summed E-state index contributed by atoms with van der Waals surface area (Å²) in [6.07, 6.45) is 1.54. The number of anilines is 1. The van der Waals surface area contributed by atoms with Crippen LogP contribution in [-0.4, -0.2) is 30.1 Å². The number of carbonyl (C=O) groups is 2. The van der Waals surface area contributed by atoms with Crippen LogP contribution in [0.3, 0.4) is 0 Å². The normalized spacial score (nSPS) is 18.6. The van der Waals surface area contributed by atoms with Crippen LogP contribution in [-0.2, 0) is 4.79 Å². The SMILES string of the molecule is O=C(CC1CCNC1)Nc1ccc(C(=O)O)cc1. The zero-order valence-corrected chi connectivity index (χ0v) is 9.98. The van der Waals surface area contributed by atoms with Gasteiger partial charge in [-0.05, 0) is 49.7 Å². The number of hydrogen-bond acceptors (Lipinski definition) is 3. The van der Waals surface area contributed by atoms with Crippen LogP contribution in [0.5, 0.6) is 0 Å². The molecular weight excluding hydrogens is 232 g/mol. The van der Waals surface area contributed by atoms with Crippen LogP contribution in [0.25, 0.3) is 0 Å². The fourth-order valence-corrected chi connectivity index (χ4v) is 2.06. The number of nitrogens with one attached hydrogen (secondary N) is 2. The topological polar surface area (TPSA) is 78.4 Å². The highest BCUT2D eigenvalue weighted by atomic mass is 16.4. The molecule has 0 radical (unpaired) electrons. The number of amides is 1. The van der Waals surface area contributed by atoms with Crippen LogP contribution in [0.4, 0.5) is 5.69 Å². The Morgan fingerprint density at radius 2 is 2.06 bits per heavy atom. The monoisotopic (exact) mass is 248 g/mol. The lowest BCUT2D eigenvalue weighted by molar-refractivity contribution is -0.116. The van der Waals surface area contributed by atoms with Crippen molar-refractivity contribution in [2.24, 2.45) is 5.92 Å². The van der Waals surface area contributed by atoms with E-state index in [1.807, 2.05) is 0 Å². The van der Waals surface area contributed by atoms with E-state index in [2.05, 4.69) is 10.6 Å². The van der Waals surface area contributed by atoms with Crippen LogP contribution in [0, 0.1) is 5.92 Å². The average Bonchev–Trinajstić information content (AvgIpc) is 2.82. The van der Waals surface area contributed by atoms with Gasteiger partial charge in [0.15, 0.2) is 0 Å². The molecule has 0 bridgehead atoms. The van der Waals surface area contributed by atoms with Gasteiger partial charge in [-0.3, -0.25) is 4.79 Å². The van der Waals surface area contributed by atoms with E-state index in [1.54, 1.807) is 12.1 Å². The third-order valence-corrected chi connectivity index (χ3v) is 3.05. The molecule has 0 aliphatic carbocycles. The minimum atomic E-state index is -0.968. The summed E-state index contributed by atoms with van der Waals surface area (Å²) >= 11 is 0. The first-order valence-electron chi connectivity index (χ1n) is 5.99. The van der Waals surface area contributed by atoms with Crippen molar-refractivity contribution < 1.29 is 14.7 Å². The summed E-state index contributed by atoms with van der Waals surface area (Å²) in [6.45, 7) is 1.87. The number of rotatable bonds is 4. The van der Waals surface area contributed by atoms with E-state index in [0.29, 0.717) is 18.0 Å². The quantitative estimate of drug-likeness (QED) is 0.751. The van der Waals surface area contributed by atoms with Gasteiger partial charge in [0, 0.05) is 12.1 Å². The van der Waals surface area contributed by atoms with Crippen LogP contribution in [0.1, 0.15) is 23.2 Å². The molecule has 5 nitrogen and oxygen atoms in total. The molecule has 2 rings (SSSR count). The average molecular weight is 248 g/mol. The maximum atomic E-state index is 11.7. The van der Waals surface area contributed by atoms with Crippen molar-refractivity contribution in [3.63, 3.8) is 0 Å². The maximum Gasteiger partial charge on any atom is 0.335 e. The molecular formula is C13H16N2O3. The molecule has 0 spiro atoms. The van der Waals surface area contributed by atoms with Crippen LogP contribution in [0.2, 0.25) is 0 Å². The number of hydrogen-bond donors (Lipinski definition) is 3. The third-order valence-electron chi connectivity index (χ3n) is 3.05. The molecule has 3 N–H and O–H groups in total. The lowest BCUT2D eigenvalue weighted by atomic mass is 10.0. The molecule has 1 aromatic carbocycles. The lowest BCUT2D eigenvalue weighted by Crippen LogP contribution is -2.18. The first kappa shape index (κ1) is 12.6. The largest absolute Gasteiger partial charge is 0.478 e. The van der Waals surface area contributed by atoms with Gasteiger partial charge < -0.3 is 15.7 Å². The Balaban J connectivity index is 1.88. The smallest absolute Gasteiger partial charge is 0.335 e. The Morgan fingerprint density at radius 3 is 2.61 bits per heavy atom. The van der Waals surface area contributed by atoms with Crippen molar-refractivity contribution in [1.29, 1.82) is 0 Å². The number of benzene rings is 1. The molecule has 18 heavy (non-hydrogen) atoms. The van der Waals surface area contributed by atoms with Crippen LogP contribution in [0.15, 0.2) is 24.3 Å². The molecule has 1 aromatic rings. The molecule has 1 heterocycles. The lowest BCUT2D eigenvalue weighted by Gasteiger charge is -2.09. The summed E-state index contributed by atoms with van der Waals surface area (Å²) < 4.78 is 0. The Kier molecular flexibility index (Phi) is 3.94. The summed E-state index contributed by atoms with van der Waals surface area (Å²) in [5.41, 5.74) is 0.851.